The lowest BCUT2D eigenvalue weighted by molar-refractivity contribution is 0.0696. The first kappa shape index (κ1) is 21.0. The Bertz CT molecular complexity index is 1590. The number of carboxylic acid groups (broad SMARTS) is 1. The second-order valence-electron chi connectivity index (χ2n) is 7.64. The predicted molar refractivity (Wildman–Crippen MR) is 126 cm³/mol. The second kappa shape index (κ2) is 8.59. The molecule has 0 bridgehead atoms. The van der Waals surface area contributed by atoms with Crippen LogP contribution in [0.2, 0.25) is 0 Å². The van der Waals surface area contributed by atoms with Gasteiger partial charge in [-0.15, -0.1) is 0 Å². The number of rotatable bonds is 6. The molecule has 8 nitrogen and oxygen atoms in total. The zero-order valence-corrected chi connectivity index (χ0v) is 17.8. The minimum atomic E-state index is -1.08. The molecule has 0 radical (unpaired) electrons. The first-order valence-electron chi connectivity index (χ1n) is 10.5. The van der Waals surface area contributed by atoms with E-state index in [1.165, 1.54) is 30.3 Å². The number of Topliss-reactive ketones (excluding diaryl/α,β-unsaturated/α-hetero) is 1. The van der Waals surface area contributed by atoms with Crippen molar-refractivity contribution in [1.29, 1.82) is 0 Å². The zero-order valence-electron chi connectivity index (χ0n) is 17.8. The minimum absolute atomic E-state index is 0.0790. The van der Waals surface area contributed by atoms with Crippen molar-refractivity contribution in [3.05, 3.63) is 113 Å². The number of carbonyl (C=O) groups is 2. The highest BCUT2D eigenvalue weighted by Gasteiger charge is 2.19. The molecule has 0 aliphatic heterocycles. The number of benzene rings is 2. The van der Waals surface area contributed by atoms with E-state index in [1.807, 2.05) is 54.7 Å². The summed E-state index contributed by atoms with van der Waals surface area (Å²) in [5.41, 5.74) is 3.63. The summed E-state index contributed by atoms with van der Waals surface area (Å²) in [7, 11) is 0. The molecule has 0 fully saturated rings. The molecule has 5 rings (SSSR count). The van der Waals surface area contributed by atoms with E-state index in [9.17, 15) is 14.4 Å². The Balaban J connectivity index is 1.56. The Morgan fingerprint density at radius 2 is 1.50 bits per heavy atom. The van der Waals surface area contributed by atoms with Crippen LogP contribution in [0.3, 0.4) is 0 Å². The molecule has 0 unspecified atom stereocenters. The molecule has 8 heteroatoms. The van der Waals surface area contributed by atoms with Crippen molar-refractivity contribution in [1.82, 2.24) is 19.4 Å². The fraction of sp³-hybridized carbons (Fsp3) is 0.0385. The van der Waals surface area contributed by atoms with Crippen LogP contribution in [0.25, 0.3) is 28.0 Å². The molecule has 0 saturated carbocycles. The van der Waals surface area contributed by atoms with Crippen molar-refractivity contribution in [2.24, 2.45) is 0 Å². The Labute approximate surface area is 193 Å². The third kappa shape index (κ3) is 3.88. The summed E-state index contributed by atoms with van der Waals surface area (Å²) in [4.78, 5) is 36.3. The van der Waals surface area contributed by atoms with Gasteiger partial charge in [0.1, 0.15) is 12.2 Å². The van der Waals surface area contributed by atoms with Crippen LogP contribution in [-0.2, 0) is 6.54 Å². The highest BCUT2D eigenvalue weighted by atomic mass is 16.4. The summed E-state index contributed by atoms with van der Waals surface area (Å²) in [6.07, 6.45) is 1.84. The van der Waals surface area contributed by atoms with E-state index < -0.39 is 11.5 Å². The second-order valence-corrected chi connectivity index (χ2v) is 7.64. The number of fused-ring (bicyclic) bond motifs is 1. The molecule has 0 aliphatic carbocycles. The molecular weight excluding hydrogens is 432 g/mol. The Morgan fingerprint density at radius 1 is 0.794 bits per heavy atom. The van der Waals surface area contributed by atoms with Gasteiger partial charge < -0.3 is 5.11 Å². The van der Waals surface area contributed by atoms with Gasteiger partial charge in [-0.25, -0.2) is 14.0 Å². The van der Waals surface area contributed by atoms with Gasteiger partial charge in [0.25, 0.3) is 5.56 Å². The van der Waals surface area contributed by atoms with Crippen molar-refractivity contribution < 1.29 is 14.7 Å². The molecule has 0 saturated heterocycles. The van der Waals surface area contributed by atoms with Crippen molar-refractivity contribution >= 4 is 17.3 Å². The molecule has 166 valence electrons. The summed E-state index contributed by atoms with van der Waals surface area (Å²) in [6, 6.07) is 23.9. The van der Waals surface area contributed by atoms with Gasteiger partial charge in [0.15, 0.2) is 5.78 Å². The molecule has 5 aromatic rings. The van der Waals surface area contributed by atoms with Crippen LogP contribution in [0.15, 0.2) is 95.9 Å². The number of hydrogen-bond donors (Lipinski definition) is 1. The van der Waals surface area contributed by atoms with E-state index in [-0.39, 0.29) is 17.9 Å². The van der Waals surface area contributed by atoms with Gasteiger partial charge in [-0.3, -0.25) is 9.59 Å². The third-order valence-corrected chi connectivity index (χ3v) is 5.46. The van der Waals surface area contributed by atoms with Crippen LogP contribution in [0.1, 0.15) is 20.7 Å². The summed E-state index contributed by atoms with van der Waals surface area (Å²) in [5.74, 6) is -1.43. The molecule has 0 spiro atoms. The number of ketones is 1. The standard InChI is InChI=1S/C26H18N4O4/c31-22(17-9-11-19(12-10-17)26(33)34)16-30-23(32)14-13-20(27-30)24-21-8-4-5-15-29(21)28-25(24)18-6-2-1-3-7-18/h1-15H,16H2,(H,33,34). The molecule has 0 atom stereocenters. The number of hydrogen-bond acceptors (Lipinski definition) is 5. The van der Waals surface area contributed by atoms with Gasteiger partial charge in [-0.05, 0) is 30.3 Å². The number of aromatic carboxylic acids is 1. The summed E-state index contributed by atoms with van der Waals surface area (Å²) < 4.78 is 2.87. The zero-order chi connectivity index (χ0) is 23.7. The highest BCUT2D eigenvalue weighted by Crippen LogP contribution is 2.33. The smallest absolute Gasteiger partial charge is 0.335 e. The molecule has 3 heterocycles. The summed E-state index contributed by atoms with van der Waals surface area (Å²) in [6.45, 7) is -0.279. The van der Waals surface area contributed by atoms with E-state index in [0.717, 1.165) is 21.3 Å². The lowest BCUT2D eigenvalue weighted by atomic mass is 10.0. The van der Waals surface area contributed by atoms with E-state index in [0.29, 0.717) is 17.0 Å². The van der Waals surface area contributed by atoms with E-state index >= 15 is 0 Å². The monoisotopic (exact) mass is 450 g/mol. The fourth-order valence-corrected chi connectivity index (χ4v) is 3.77. The average molecular weight is 450 g/mol. The average Bonchev–Trinajstić information content (AvgIpc) is 3.25. The maximum atomic E-state index is 12.8. The van der Waals surface area contributed by atoms with Crippen molar-refractivity contribution in [3.8, 4) is 22.5 Å². The van der Waals surface area contributed by atoms with Crippen LogP contribution in [-0.4, -0.2) is 36.3 Å². The maximum Gasteiger partial charge on any atom is 0.335 e. The van der Waals surface area contributed by atoms with Crippen molar-refractivity contribution in [2.45, 2.75) is 6.54 Å². The summed E-state index contributed by atoms with van der Waals surface area (Å²) >= 11 is 0. The number of carbonyl (C=O) groups excluding carboxylic acids is 1. The normalized spacial score (nSPS) is 10.9. The van der Waals surface area contributed by atoms with Gasteiger partial charge in [-0.2, -0.15) is 10.2 Å². The minimum Gasteiger partial charge on any atom is -0.478 e. The molecule has 0 aliphatic rings. The van der Waals surface area contributed by atoms with Crippen LogP contribution in [0.5, 0.6) is 0 Å². The Kier molecular flexibility index (Phi) is 5.31. The predicted octanol–water partition coefficient (Wildman–Crippen LogP) is 3.81. The van der Waals surface area contributed by atoms with Crippen molar-refractivity contribution in [3.63, 3.8) is 0 Å². The lowest BCUT2D eigenvalue weighted by Crippen LogP contribution is -2.26. The highest BCUT2D eigenvalue weighted by molar-refractivity contribution is 5.97. The lowest BCUT2D eigenvalue weighted by Gasteiger charge is -2.08. The number of nitrogens with zero attached hydrogens (tertiary/aromatic N) is 4. The molecule has 1 N–H and O–H groups in total. The van der Waals surface area contributed by atoms with Crippen molar-refractivity contribution in [2.75, 3.05) is 0 Å². The SMILES string of the molecule is O=C(O)c1ccc(C(=O)Cn2nc(-c3c(-c4ccccc4)nn4ccccc34)ccc2=O)cc1. The number of pyridine rings is 1. The van der Waals surface area contributed by atoms with E-state index in [4.69, 9.17) is 10.2 Å². The van der Waals surface area contributed by atoms with Gasteiger partial charge in [0, 0.05) is 23.4 Å². The first-order chi connectivity index (χ1) is 16.5. The van der Waals surface area contributed by atoms with Gasteiger partial charge >= 0.3 is 5.97 Å². The molecular formula is C26H18N4O4. The number of aromatic nitrogens is 4. The maximum absolute atomic E-state index is 12.8. The van der Waals surface area contributed by atoms with Crippen LogP contribution in [0, 0.1) is 0 Å². The first-order valence-corrected chi connectivity index (χ1v) is 10.5. The molecule has 3 aromatic heterocycles. The molecule has 0 amide bonds. The molecule has 34 heavy (non-hydrogen) atoms. The summed E-state index contributed by atoms with van der Waals surface area (Å²) in [5, 5.41) is 18.3. The van der Waals surface area contributed by atoms with Crippen LogP contribution < -0.4 is 5.56 Å². The topological polar surface area (TPSA) is 107 Å². The van der Waals surface area contributed by atoms with Gasteiger partial charge in [-0.1, -0.05) is 48.5 Å². The van der Waals surface area contributed by atoms with Crippen LogP contribution >= 0.6 is 0 Å². The van der Waals surface area contributed by atoms with Gasteiger partial charge in [0.05, 0.1) is 22.3 Å². The number of carboxylic acids is 1. The third-order valence-electron chi connectivity index (χ3n) is 5.46. The quantitative estimate of drug-likeness (QED) is 0.394. The van der Waals surface area contributed by atoms with E-state index in [2.05, 4.69) is 5.10 Å². The Hall–Kier alpha value is -4.85. The van der Waals surface area contributed by atoms with Crippen LogP contribution in [0.4, 0.5) is 0 Å². The fourth-order valence-electron chi connectivity index (χ4n) is 3.77. The molecule has 2 aromatic carbocycles. The van der Waals surface area contributed by atoms with Gasteiger partial charge in [0.2, 0.25) is 0 Å². The van der Waals surface area contributed by atoms with E-state index in [1.54, 1.807) is 10.6 Å². The Morgan fingerprint density at radius 3 is 2.24 bits per heavy atom. The largest absolute Gasteiger partial charge is 0.478 e.